The Kier molecular flexibility index (Phi) is 4.72. The van der Waals surface area contributed by atoms with Crippen molar-refractivity contribution in [1.82, 2.24) is 4.90 Å². The van der Waals surface area contributed by atoms with E-state index >= 15 is 0 Å². The molecule has 0 unspecified atom stereocenters. The zero-order chi connectivity index (χ0) is 18.8. The Labute approximate surface area is 148 Å². The zero-order valence-electron chi connectivity index (χ0n) is 13.9. The molecule has 1 aliphatic rings. The van der Waals surface area contributed by atoms with Crippen LogP contribution in [-0.2, 0) is 9.53 Å². The van der Waals surface area contributed by atoms with Crippen molar-refractivity contribution in [3.05, 3.63) is 46.5 Å². The summed E-state index contributed by atoms with van der Waals surface area (Å²) in [5.41, 5.74) is 0.309. The summed E-state index contributed by atoms with van der Waals surface area (Å²) in [6, 6.07) is 7.73. The molecule has 1 fully saturated rings. The van der Waals surface area contributed by atoms with Crippen LogP contribution in [0.3, 0.4) is 0 Å². The van der Waals surface area contributed by atoms with Gasteiger partial charge >= 0.3 is 12.0 Å². The summed E-state index contributed by atoms with van der Waals surface area (Å²) in [5.74, 6) is -0.696. The van der Waals surface area contributed by atoms with Gasteiger partial charge < -0.3 is 20.1 Å². The summed E-state index contributed by atoms with van der Waals surface area (Å²) in [7, 11) is 1.19. The van der Waals surface area contributed by atoms with E-state index in [2.05, 4.69) is 10.1 Å². The van der Waals surface area contributed by atoms with Crippen LogP contribution in [-0.4, -0.2) is 52.7 Å². The van der Waals surface area contributed by atoms with Crippen molar-refractivity contribution in [3.8, 4) is 0 Å². The van der Waals surface area contributed by atoms with Crippen molar-refractivity contribution in [2.45, 2.75) is 18.6 Å². The Morgan fingerprint density at radius 2 is 1.96 bits per heavy atom. The number of aliphatic hydroxyl groups is 1. The predicted molar refractivity (Wildman–Crippen MR) is 92.8 cm³/mol. The SMILES string of the molecule is COC(=O)[C@@H]1[C@@H](O)CCN1C(=O)Nc1ccc([N+](=O)[O-])c2ccccc12. The first kappa shape index (κ1) is 17.6. The van der Waals surface area contributed by atoms with Gasteiger partial charge in [-0.1, -0.05) is 18.2 Å². The molecule has 1 saturated heterocycles. The predicted octanol–water partition coefficient (Wildman–Crippen LogP) is 1.89. The first-order valence-electron chi connectivity index (χ1n) is 7.93. The van der Waals surface area contributed by atoms with Crippen molar-refractivity contribution in [2.24, 2.45) is 0 Å². The highest BCUT2D eigenvalue weighted by molar-refractivity contribution is 6.05. The van der Waals surface area contributed by atoms with Crippen molar-refractivity contribution < 1.29 is 24.4 Å². The van der Waals surface area contributed by atoms with E-state index in [4.69, 9.17) is 0 Å². The zero-order valence-corrected chi connectivity index (χ0v) is 13.9. The van der Waals surface area contributed by atoms with Crippen molar-refractivity contribution in [1.29, 1.82) is 0 Å². The maximum atomic E-state index is 12.6. The number of non-ortho nitro benzene ring substituents is 1. The number of amides is 2. The fourth-order valence-electron chi connectivity index (χ4n) is 3.15. The number of ether oxygens (including phenoxy) is 1. The monoisotopic (exact) mass is 359 g/mol. The molecule has 0 saturated carbocycles. The van der Waals surface area contributed by atoms with Crippen LogP contribution in [0.1, 0.15) is 6.42 Å². The van der Waals surface area contributed by atoms with E-state index in [0.29, 0.717) is 16.5 Å². The molecule has 2 N–H and O–H groups in total. The second-order valence-corrected chi connectivity index (χ2v) is 5.88. The summed E-state index contributed by atoms with van der Waals surface area (Å²) >= 11 is 0. The number of carbonyl (C=O) groups is 2. The van der Waals surface area contributed by atoms with Crippen LogP contribution in [0.25, 0.3) is 10.8 Å². The number of methoxy groups -OCH3 is 1. The maximum Gasteiger partial charge on any atom is 0.331 e. The van der Waals surface area contributed by atoms with Gasteiger partial charge in [0.25, 0.3) is 5.69 Å². The van der Waals surface area contributed by atoms with E-state index in [-0.39, 0.29) is 18.7 Å². The molecule has 0 aliphatic carbocycles. The van der Waals surface area contributed by atoms with Crippen LogP contribution < -0.4 is 5.32 Å². The largest absolute Gasteiger partial charge is 0.467 e. The summed E-state index contributed by atoms with van der Waals surface area (Å²) in [4.78, 5) is 36.3. The number of nitrogens with zero attached hydrogens (tertiary/aromatic N) is 2. The molecule has 1 aliphatic heterocycles. The number of likely N-dealkylation sites (tertiary alicyclic amines) is 1. The molecule has 0 aromatic heterocycles. The van der Waals surface area contributed by atoms with Gasteiger partial charge in [-0.25, -0.2) is 9.59 Å². The Balaban J connectivity index is 1.92. The van der Waals surface area contributed by atoms with Gasteiger partial charge in [-0.05, 0) is 18.6 Å². The number of urea groups is 1. The minimum absolute atomic E-state index is 0.0670. The topological polar surface area (TPSA) is 122 Å². The average Bonchev–Trinajstić information content (AvgIpc) is 3.02. The second-order valence-electron chi connectivity index (χ2n) is 5.88. The average molecular weight is 359 g/mol. The van der Waals surface area contributed by atoms with Gasteiger partial charge in [0.2, 0.25) is 0 Å². The Bertz CT molecular complexity index is 884. The van der Waals surface area contributed by atoms with E-state index in [1.165, 1.54) is 24.1 Å². The highest BCUT2D eigenvalue weighted by Crippen LogP contribution is 2.32. The fraction of sp³-hybridized carbons (Fsp3) is 0.294. The molecule has 2 aromatic rings. The number of nitrogens with one attached hydrogen (secondary N) is 1. The minimum Gasteiger partial charge on any atom is -0.467 e. The number of nitro benzene ring substituents is 1. The number of rotatable bonds is 3. The molecular weight excluding hydrogens is 342 g/mol. The van der Waals surface area contributed by atoms with Crippen LogP contribution in [0, 0.1) is 10.1 Å². The lowest BCUT2D eigenvalue weighted by molar-refractivity contribution is -0.383. The van der Waals surface area contributed by atoms with Gasteiger partial charge in [0.1, 0.15) is 0 Å². The number of esters is 1. The molecular formula is C17H17N3O6. The van der Waals surface area contributed by atoms with E-state index in [0.717, 1.165) is 0 Å². The number of aliphatic hydroxyl groups excluding tert-OH is 1. The Hall–Kier alpha value is -3.20. The lowest BCUT2D eigenvalue weighted by atomic mass is 10.1. The van der Waals surface area contributed by atoms with Crippen molar-refractivity contribution in [3.63, 3.8) is 0 Å². The van der Waals surface area contributed by atoms with Gasteiger partial charge in [0, 0.05) is 18.0 Å². The molecule has 26 heavy (non-hydrogen) atoms. The second kappa shape index (κ2) is 6.96. The molecule has 0 radical (unpaired) electrons. The number of carbonyl (C=O) groups excluding carboxylic acids is 2. The summed E-state index contributed by atoms with van der Waals surface area (Å²) in [6.45, 7) is 0.192. The number of fused-ring (bicyclic) bond motifs is 1. The number of hydrogen-bond acceptors (Lipinski definition) is 6. The summed E-state index contributed by atoms with van der Waals surface area (Å²) in [6.07, 6.45) is -0.740. The third-order valence-electron chi connectivity index (χ3n) is 4.41. The van der Waals surface area contributed by atoms with E-state index in [9.17, 15) is 24.8 Å². The Morgan fingerprint density at radius 3 is 2.62 bits per heavy atom. The number of nitro groups is 1. The van der Waals surface area contributed by atoms with Gasteiger partial charge in [-0.2, -0.15) is 0 Å². The van der Waals surface area contributed by atoms with Crippen LogP contribution in [0.4, 0.5) is 16.2 Å². The molecule has 2 atom stereocenters. The maximum absolute atomic E-state index is 12.6. The standard InChI is InChI=1S/C17H17N3O6/c1-26-16(22)15-14(21)8-9-19(15)17(23)18-12-6-7-13(20(24)25)11-5-3-2-4-10(11)12/h2-7,14-15,21H,8-9H2,1H3,(H,18,23)/t14-,15-/m0/s1. The molecule has 2 aromatic carbocycles. The minimum atomic E-state index is -1.08. The van der Waals surface area contributed by atoms with Crippen molar-refractivity contribution in [2.75, 3.05) is 19.0 Å². The van der Waals surface area contributed by atoms with Gasteiger partial charge in [-0.15, -0.1) is 0 Å². The molecule has 0 bridgehead atoms. The van der Waals surface area contributed by atoms with Gasteiger partial charge in [0.15, 0.2) is 6.04 Å². The third kappa shape index (κ3) is 3.04. The van der Waals surface area contributed by atoms with E-state index in [1.807, 2.05) is 0 Å². The quantitative estimate of drug-likeness (QED) is 0.490. The summed E-state index contributed by atoms with van der Waals surface area (Å²) < 4.78 is 4.65. The lowest BCUT2D eigenvalue weighted by Gasteiger charge is -2.24. The number of benzene rings is 2. The number of anilines is 1. The van der Waals surface area contributed by atoms with E-state index < -0.39 is 29.1 Å². The van der Waals surface area contributed by atoms with Crippen LogP contribution in [0.5, 0.6) is 0 Å². The van der Waals surface area contributed by atoms with Gasteiger partial charge in [-0.3, -0.25) is 10.1 Å². The third-order valence-corrected chi connectivity index (χ3v) is 4.41. The van der Waals surface area contributed by atoms with E-state index in [1.54, 1.807) is 24.3 Å². The normalized spacial score (nSPS) is 19.4. The number of hydrogen-bond donors (Lipinski definition) is 2. The fourth-order valence-corrected chi connectivity index (χ4v) is 3.15. The molecule has 3 rings (SSSR count). The molecule has 2 amide bonds. The molecule has 1 heterocycles. The van der Waals surface area contributed by atoms with Gasteiger partial charge in [0.05, 0.1) is 29.2 Å². The molecule has 0 spiro atoms. The summed E-state index contributed by atoms with van der Waals surface area (Å²) in [5, 5.41) is 24.7. The van der Waals surface area contributed by atoms with Crippen molar-refractivity contribution >= 4 is 34.1 Å². The van der Waals surface area contributed by atoms with Crippen LogP contribution >= 0.6 is 0 Å². The van der Waals surface area contributed by atoms with Crippen LogP contribution in [0.15, 0.2) is 36.4 Å². The smallest absolute Gasteiger partial charge is 0.331 e. The first-order chi connectivity index (χ1) is 12.4. The molecule has 136 valence electrons. The highest BCUT2D eigenvalue weighted by atomic mass is 16.6. The lowest BCUT2D eigenvalue weighted by Crippen LogP contribution is -2.47. The highest BCUT2D eigenvalue weighted by Gasteiger charge is 2.42. The first-order valence-corrected chi connectivity index (χ1v) is 7.93. The molecule has 9 nitrogen and oxygen atoms in total. The molecule has 9 heteroatoms. The Morgan fingerprint density at radius 1 is 1.27 bits per heavy atom. The van der Waals surface area contributed by atoms with Crippen LogP contribution in [0.2, 0.25) is 0 Å².